The van der Waals surface area contributed by atoms with Crippen LogP contribution in [0.25, 0.3) is 0 Å². The molecule has 0 unspecified atom stereocenters. The standard InChI is InChI=1S/C13H20N2O3/c1-2-5-14-8-11-3-4-12(18-11)9-15-6-7-17-10-13(15)16/h3-4,14H,2,5-10H2,1H3. The third kappa shape index (κ3) is 3.58. The number of furan rings is 1. The van der Waals surface area contributed by atoms with Gasteiger partial charge < -0.3 is 19.4 Å². The van der Waals surface area contributed by atoms with Crippen molar-refractivity contribution in [2.45, 2.75) is 26.4 Å². The number of nitrogens with zero attached hydrogens (tertiary/aromatic N) is 1. The van der Waals surface area contributed by atoms with Gasteiger partial charge in [-0.3, -0.25) is 4.79 Å². The number of carbonyl (C=O) groups excluding carboxylic acids is 1. The van der Waals surface area contributed by atoms with Crippen molar-refractivity contribution in [1.82, 2.24) is 10.2 Å². The van der Waals surface area contributed by atoms with Gasteiger partial charge in [-0.2, -0.15) is 0 Å². The van der Waals surface area contributed by atoms with Crippen LogP contribution in [0.4, 0.5) is 0 Å². The third-order valence-corrected chi connectivity index (χ3v) is 2.87. The largest absolute Gasteiger partial charge is 0.463 e. The van der Waals surface area contributed by atoms with Crippen molar-refractivity contribution in [2.75, 3.05) is 26.3 Å². The van der Waals surface area contributed by atoms with E-state index in [1.807, 2.05) is 12.1 Å². The van der Waals surface area contributed by atoms with E-state index in [-0.39, 0.29) is 12.5 Å². The van der Waals surface area contributed by atoms with Gasteiger partial charge in [0.15, 0.2) is 0 Å². The fourth-order valence-corrected chi connectivity index (χ4v) is 1.90. The Kier molecular flexibility index (Phi) is 4.78. The van der Waals surface area contributed by atoms with Gasteiger partial charge in [0.2, 0.25) is 5.91 Å². The zero-order valence-corrected chi connectivity index (χ0v) is 10.8. The Morgan fingerprint density at radius 2 is 2.22 bits per heavy atom. The molecular weight excluding hydrogens is 232 g/mol. The number of amides is 1. The lowest BCUT2D eigenvalue weighted by Gasteiger charge is -2.25. The maximum absolute atomic E-state index is 11.6. The van der Waals surface area contributed by atoms with Gasteiger partial charge in [0, 0.05) is 6.54 Å². The van der Waals surface area contributed by atoms with Crippen molar-refractivity contribution in [2.24, 2.45) is 0 Å². The van der Waals surface area contributed by atoms with E-state index in [2.05, 4.69) is 12.2 Å². The van der Waals surface area contributed by atoms with Gasteiger partial charge in [-0.15, -0.1) is 0 Å². The average Bonchev–Trinajstić information content (AvgIpc) is 2.80. The number of morpholine rings is 1. The molecule has 18 heavy (non-hydrogen) atoms. The molecule has 1 aromatic heterocycles. The zero-order valence-electron chi connectivity index (χ0n) is 10.8. The summed E-state index contributed by atoms with van der Waals surface area (Å²) in [6.45, 7) is 5.83. The van der Waals surface area contributed by atoms with Crippen LogP contribution in [0.15, 0.2) is 16.5 Å². The third-order valence-electron chi connectivity index (χ3n) is 2.87. The summed E-state index contributed by atoms with van der Waals surface area (Å²) in [4.78, 5) is 13.3. The maximum atomic E-state index is 11.6. The van der Waals surface area contributed by atoms with Crippen molar-refractivity contribution < 1.29 is 13.9 Å². The summed E-state index contributed by atoms with van der Waals surface area (Å²) < 4.78 is 10.8. The summed E-state index contributed by atoms with van der Waals surface area (Å²) in [6, 6.07) is 3.90. The van der Waals surface area contributed by atoms with E-state index in [1.165, 1.54) is 0 Å². The van der Waals surface area contributed by atoms with E-state index in [4.69, 9.17) is 9.15 Å². The van der Waals surface area contributed by atoms with E-state index in [0.29, 0.717) is 19.7 Å². The summed E-state index contributed by atoms with van der Waals surface area (Å²) >= 11 is 0. The predicted molar refractivity (Wildman–Crippen MR) is 66.9 cm³/mol. The molecule has 0 bridgehead atoms. The number of rotatable bonds is 6. The Bertz CT molecular complexity index is 389. The lowest BCUT2D eigenvalue weighted by Crippen LogP contribution is -2.40. The number of nitrogens with one attached hydrogen (secondary N) is 1. The molecule has 1 N–H and O–H groups in total. The lowest BCUT2D eigenvalue weighted by atomic mass is 10.3. The number of hydrogen-bond acceptors (Lipinski definition) is 4. The van der Waals surface area contributed by atoms with Crippen LogP contribution in [0.3, 0.4) is 0 Å². The van der Waals surface area contributed by atoms with Gasteiger partial charge in [-0.05, 0) is 25.1 Å². The first-order valence-electron chi connectivity index (χ1n) is 6.43. The zero-order chi connectivity index (χ0) is 12.8. The first-order chi connectivity index (χ1) is 8.79. The second-order valence-electron chi connectivity index (χ2n) is 4.41. The summed E-state index contributed by atoms with van der Waals surface area (Å²) in [7, 11) is 0. The summed E-state index contributed by atoms with van der Waals surface area (Å²) in [5, 5.41) is 3.28. The van der Waals surface area contributed by atoms with Crippen molar-refractivity contribution in [3.8, 4) is 0 Å². The Labute approximate surface area is 107 Å². The minimum atomic E-state index is 0.0308. The van der Waals surface area contributed by atoms with E-state index >= 15 is 0 Å². The Hall–Kier alpha value is -1.33. The molecule has 0 atom stereocenters. The predicted octanol–water partition coefficient (Wildman–Crippen LogP) is 1.14. The topological polar surface area (TPSA) is 54.7 Å². The second kappa shape index (κ2) is 6.56. The molecule has 2 heterocycles. The normalized spacial score (nSPS) is 16.3. The van der Waals surface area contributed by atoms with Gasteiger partial charge >= 0.3 is 0 Å². The van der Waals surface area contributed by atoms with E-state index in [9.17, 15) is 4.79 Å². The number of carbonyl (C=O) groups is 1. The molecule has 1 aliphatic heterocycles. The maximum Gasteiger partial charge on any atom is 0.249 e. The fourth-order valence-electron chi connectivity index (χ4n) is 1.90. The van der Waals surface area contributed by atoms with Crippen LogP contribution in [0.2, 0.25) is 0 Å². The molecule has 1 saturated heterocycles. The van der Waals surface area contributed by atoms with Gasteiger partial charge in [-0.25, -0.2) is 0 Å². The van der Waals surface area contributed by atoms with E-state index in [1.54, 1.807) is 4.90 Å². The molecule has 1 fully saturated rings. The molecule has 1 aliphatic rings. The van der Waals surface area contributed by atoms with Gasteiger partial charge in [-0.1, -0.05) is 6.92 Å². The molecule has 1 aromatic rings. The van der Waals surface area contributed by atoms with Crippen molar-refractivity contribution >= 4 is 5.91 Å². The molecule has 0 aliphatic carbocycles. The van der Waals surface area contributed by atoms with Crippen LogP contribution < -0.4 is 5.32 Å². The van der Waals surface area contributed by atoms with Crippen LogP contribution >= 0.6 is 0 Å². The van der Waals surface area contributed by atoms with Crippen LogP contribution in [0.1, 0.15) is 24.9 Å². The highest BCUT2D eigenvalue weighted by molar-refractivity contribution is 5.77. The highest BCUT2D eigenvalue weighted by Crippen LogP contribution is 2.12. The van der Waals surface area contributed by atoms with Crippen molar-refractivity contribution in [3.05, 3.63) is 23.7 Å². The smallest absolute Gasteiger partial charge is 0.249 e. The highest BCUT2D eigenvalue weighted by Gasteiger charge is 2.19. The molecule has 0 spiro atoms. The first-order valence-corrected chi connectivity index (χ1v) is 6.43. The van der Waals surface area contributed by atoms with Crippen LogP contribution in [0.5, 0.6) is 0 Å². The highest BCUT2D eigenvalue weighted by atomic mass is 16.5. The molecule has 1 amide bonds. The quantitative estimate of drug-likeness (QED) is 0.771. The molecule has 0 radical (unpaired) electrons. The first kappa shape index (κ1) is 13.1. The van der Waals surface area contributed by atoms with Crippen molar-refractivity contribution in [3.63, 3.8) is 0 Å². The number of ether oxygens (including phenoxy) is 1. The van der Waals surface area contributed by atoms with Gasteiger partial charge in [0.25, 0.3) is 0 Å². The molecule has 5 nitrogen and oxygen atoms in total. The van der Waals surface area contributed by atoms with Crippen LogP contribution in [0, 0.1) is 0 Å². The average molecular weight is 252 g/mol. The summed E-state index contributed by atoms with van der Waals surface area (Å²) in [5.41, 5.74) is 0. The Morgan fingerprint density at radius 1 is 1.39 bits per heavy atom. The van der Waals surface area contributed by atoms with Crippen molar-refractivity contribution in [1.29, 1.82) is 0 Å². The molecule has 0 saturated carbocycles. The van der Waals surface area contributed by atoms with Gasteiger partial charge in [0.1, 0.15) is 18.1 Å². The molecule has 100 valence electrons. The monoisotopic (exact) mass is 252 g/mol. The summed E-state index contributed by atoms with van der Waals surface area (Å²) in [5.74, 6) is 1.78. The minimum absolute atomic E-state index is 0.0308. The Morgan fingerprint density at radius 3 is 3.00 bits per heavy atom. The van der Waals surface area contributed by atoms with E-state index in [0.717, 1.165) is 31.0 Å². The van der Waals surface area contributed by atoms with Gasteiger partial charge in [0.05, 0.1) is 19.7 Å². The lowest BCUT2D eigenvalue weighted by molar-refractivity contribution is -0.143. The van der Waals surface area contributed by atoms with Crippen LogP contribution in [-0.2, 0) is 22.6 Å². The minimum Gasteiger partial charge on any atom is -0.463 e. The molecule has 2 rings (SSSR count). The molecular formula is C13H20N2O3. The fraction of sp³-hybridized carbons (Fsp3) is 0.615. The van der Waals surface area contributed by atoms with Crippen LogP contribution in [-0.4, -0.2) is 37.1 Å². The Balaban J connectivity index is 1.83. The number of hydrogen-bond donors (Lipinski definition) is 1. The second-order valence-corrected chi connectivity index (χ2v) is 4.41. The SMILES string of the molecule is CCCNCc1ccc(CN2CCOCC2=O)o1. The summed E-state index contributed by atoms with van der Waals surface area (Å²) in [6.07, 6.45) is 1.11. The molecule has 5 heteroatoms. The van der Waals surface area contributed by atoms with E-state index < -0.39 is 0 Å². The molecule has 0 aromatic carbocycles.